The van der Waals surface area contributed by atoms with Crippen LogP contribution in [0.25, 0.3) is 16.8 Å². The Balaban J connectivity index is 2.04. The molecular weight excluding hydrogens is 278 g/mol. The lowest BCUT2D eigenvalue weighted by molar-refractivity contribution is 0.310. The maximum Gasteiger partial charge on any atom is 0.276 e. The van der Waals surface area contributed by atoms with Crippen molar-refractivity contribution in [3.63, 3.8) is 0 Å². The maximum absolute atomic E-state index is 12.1. The molecule has 0 atom stereocenters. The van der Waals surface area contributed by atoms with Crippen molar-refractivity contribution in [2.75, 3.05) is 6.61 Å². The first-order valence-electron chi connectivity index (χ1n) is 7.48. The van der Waals surface area contributed by atoms with Gasteiger partial charge in [-0.05, 0) is 24.6 Å². The van der Waals surface area contributed by atoms with Gasteiger partial charge in [0.2, 0.25) is 0 Å². The number of benzene rings is 1. The van der Waals surface area contributed by atoms with E-state index in [-0.39, 0.29) is 5.56 Å². The van der Waals surface area contributed by atoms with Crippen LogP contribution in [0.15, 0.2) is 47.5 Å². The average molecular weight is 297 g/mol. The molecule has 2 heterocycles. The number of rotatable bonds is 5. The molecule has 0 fully saturated rings. The quantitative estimate of drug-likeness (QED) is 0.680. The third-order valence-corrected chi connectivity index (χ3v) is 3.63. The number of aryl methyl sites for hydroxylation is 1. The highest BCUT2D eigenvalue weighted by Crippen LogP contribution is 2.29. The molecule has 0 aliphatic heterocycles. The molecule has 1 aromatic carbocycles. The van der Waals surface area contributed by atoms with Crippen molar-refractivity contribution < 1.29 is 4.74 Å². The van der Waals surface area contributed by atoms with Gasteiger partial charge in [-0.25, -0.2) is 4.52 Å². The SMILES string of the molecule is CCCCOc1ccccc1-c1cc2c(=O)n(C)ccn2n1. The zero-order chi connectivity index (χ0) is 15.5. The summed E-state index contributed by atoms with van der Waals surface area (Å²) in [6.45, 7) is 2.82. The van der Waals surface area contributed by atoms with E-state index in [0.717, 1.165) is 29.8 Å². The van der Waals surface area contributed by atoms with E-state index >= 15 is 0 Å². The Kier molecular flexibility index (Phi) is 3.96. The third kappa shape index (κ3) is 2.62. The lowest BCUT2D eigenvalue weighted by Crippen LogP contribution is -2.17. The van der Waals surface area contributed by atoms with Gasteiger partial charge >= 0.3 is 0 Å². The molecule has 0 spiro atoms. The van der Waals surface area contributed by atoms with E-state index in [1.54, 1.807) is 28.5 Å². The van der Waals surface area contributed by atoms with Gasteiger partial charge in [0.1, 0.15) is 11.3 Å². The van der Waals surface area contributed by atoms with Crippen LogP contribution in [0.2, 0.25) is 0 Å². The van der Waals surface area contributed by atoms with Crippen molar-refractivity contribution in [3.05, 3.63) is 53.1 Å². The van der Waals surface area contributed by atoms with Crippen molar-refractivity contribution in [1.82, 2.24) is 14.2 Å². The van der Waals surface area contributed by atoms with Gasteiger partial charge in [-0.3, -0.25) is 4.79 Å². The summed E-state index contributed by atoms with van der Waals surface area (Å²) >= 11 is 0. The van der Waals surface area contributed by atoms with Gasteiger partial charge < -0.3 is 9.30 Å². The van der Waals surface area contributed by atoms with Crippen LogP contribution < -0.4 is 10.3 Å². The largest absolute Gasteiger partial charge is 0.493 e. The number of nitrogens with zero attached hydrogens (tertiary/aromatic N) is 3. The second-order valence-corrected chi connectivity index (χ2v) is 5.27. The highest BCUT2D eigenvalue weighted by Gasteiger charge is 2.12. The van der Waals surface area contributed by atoms with E-state index in [1.807, 2.05) is 30.3 Å². The second-order valence-electron chi connectivity index (χ2n) is 5.27. The number of hydrogen-bond acceptors (Lipinski definition) is 3. The molecule has 3 aromatic rings. The fourth-order valence-corrected chi connectivity index (χ4v) is 2.34. The minimum atomic E-state index is -0.0642. The lowest BCUT2D eigenvalue weighted by atomic mass is 10.1. The standard InChI is InChI=1S/C17H19N3O2/c1-3-4-11-22-16-8-6-5-7-13(16)14-12-15-17(21)19(2)9-10-20(15)18-14/h5-10,12H,3-4,11H2,1-2H3. The Bertz CT molecular complexity index is 848. The summed E-state index contributed by atoms with van der Waals surface area (Å²) in [5, 5.41) is 4.50. The summed E-state index contributed by atoms with van der Waals surface area (Å²) in [6.07, 6.45) is 5.59. The highest BCUT2D eigenvalue weighted by molar-refractivity contribution is 5.71. The third-order valence-electron chi connectivity index (χ3n) is 3.63. The molecule has 0 aliphatic rings. The molecule has 0 saturated carbocycles. The molecule has 2 aromatic heterocycles. The van der Waals surface area contributed by atoms with Crippen molar-refractivity contribution in [3.8, 4) is 17.0 Å². The Morgan fingerprint density at radius 3 is 2.86 bits per heavy atom. The predicted molar refractivity (Wildman–Crippen MR) is 86.3 cm³/mol. The molecule has 0 N–H and O–H groups in total. The molecule has 0 saturated heterocycles. The molecule has 0 amide bonds. The van der Waals surface area contributed by atoms with Crippen LogP contribution in [0.3, 0.4) is 0 Å². The summed E-state index contributed by atoms with van der Waals surface area (Å²) in [5.41, 5.74) is 2.15. The summed E-state index contributed by atoms with van der Waals surface area (Å²) in [4.78, 5) is 12.1. The molecule has 5 nitrogen and oxygen atoms in total. The number of fused-ring (bicyclic) bond motifs is 1. The molecule has 3 rings (SSSR count). The van der Waals surface area contributed by atoms with Crippen LogP contribution in [0.4, 0.5) is 0 Å². The minimum Gasteiger partial charge on any atom is -0.493 e. The lowest BCUT2D eigenvalue weighted by Gasteiger charge is -2.09. The van der Waals surface area contributed by atoms with Crippen molar-refractivity contribution in [2.24, 2.45) is 7.05 Å². The number of ether oxygens (including phenoxy) is 1. The van der Waals surface area contributed by atoms with Crippen molar-refractivity contribution in [1.29, 1.82) is 0 Å². The summed E-state index contributed by atoms with van der Waals surface area (Å²) in [5.74, 6) is 0.802. The molecule has 5 heteroatoms. The van der Waals surface area contributed by atoms with Gasteiger partial charge in [-0.2, -0.15) is 5.10 Å². The fourth-order valence-electron chi connectivity index (χ4n) is 2.34. The summed E-state index contributed by atoms with van der Waals surface area (Å²) in [7, 11) is 1.73. The van der Waals surface area contributed by atoms with Crippen molar-refractivity contribution in [2.45, 2.75) is 19.8 Å². The Hall–Kier alpha value is -2.56. The predicted octanol–water partition coefficient (Wildman–Crippen LogP) is 2.88. The topological polar surface area (TPSA) is 48.5 Å². The van der Waals surface area contributed by atoms with E-state index < -0.39 is 0 Å². The van der Waals surface area contributed by atoms with E-state index in [2.05, 4.69) is 12.0 Å². The number of unbranched alkanes of at least 4 members (excludes halogenated alkanes) is 1. The number of para-hydroxylation sites is 1. The Morgan fingerprint density at radius 1 is 1.23 bits per heavy atom. The molecular formula is C17H19N3O2. The van der Waals surface area contributed by atoms with Crippen LogP contribution >= 0.6 is 0 Å². The number of aromatic nitrogens is 3. The second kappa shape index (κ2) is 6.05. The van der Waals surface area contributed by atoms with Gasteiger partial charge in [-0.15, -0.1) is 0 Å². The van der Waals surface area contributed by atoms with Gasteiger partial charge in [0.05, 0.1) is 12.3 Å². The monoisotopic (exact) mass is 297 g/mol. The van der Waals surface area contributed by atoms with Crippen LogP contribution in [0.5, 0.6) is 5.75 Å². The van der Waals surface area contributed by atoms with E-state index in [4.69, 9.17) is 4.74 Å². The van der Waals surface area contributed by atoms with Crippen LogP contribution in [0, 0.1) is 0 Å². The molecule has 22 heavy (non-hydrogen) atoms. The molecule has 0 aliphatic carbocycles. The molecule has 0 radical (unpaired) electrons. The zero-order valence-electron chi connectivity index (χ0n) is 12.8. The first-order chi connectivity index (χ1) is 10.7. The zero-order valence-corrected chi connectivity index (χ0v) is 12.8. The van der Waals surface area contributed by atoms with E-state index in [9.17, 15) is 4.79 Å². The average Bonchev–Trinajstić information content (AvgIpc) is 2.97. The fraction of sp³-hybridized carbons (Fsp3) is 0.294. The number of hydrogen-bond donors (Lipinski definition) is 0. The van der Waals surface area contributed by atoms with Gasteiger partial charge in [0.25, 0.3) is 5.56 Å². The summed E-state index contributed by atoms with van der Waals surface area (Å²) < 4.78 is 9.01. The smallest absolute Gasteiger partial charge is 0.276 e. The van der Waals surface area contributed by atoms with Crippen LogP contribution in [-0.4, -0.2) is 20.8 Å². The van der Waals surface area contributed by atoms with Crippen molar-refractivity contribution >= 4 is 5.52 Å². The van der Waals surface area contributed by atoms with Gasteiger partial charge in [0, 0.05) is 25.0 Å². The normalized spacial score (nSPS) is 11.0. The molecule has 0 bridgehead atoms. The first-order valence-corrected chi connectivity index (χ1v) is 7.48. The first kappa shape index (κ1) is 14.4. The molecule has 0 unspecified atom stereocenters. The molecule has 114 valence electrons. The minimum absolute atomic E-state index is 0.0642. The Morgan fingerprint density at radius 2 is 2.05 bits per heavy atom. The highest BCUT2D eigenvalue weighted by atomic mass is 16.5. The Labute approximate surface area is 128 Å². The van der Waals surface area contributed by atoms with Gasteiger partial charge in [-0.1, -0.05) is 25.5 Å². The van der Waals surface area contributed by atoms with Crippen LogP contribution in [0.1, 0.15) is 19.8 Å². The van der Waals surface area contributed by atoms with Gasteiger partial charge in [0.15, 0.2) is 0 Å². The van der Waals surface area contributed by atoms with Crippen LogP contribution in [-0.2, 0) is 7.05 Å². The maximum atomic E-state index is 12.1. The van der Waals surface area contributed by atoms with E-state index in [0.29, 0.717) is 12.1 Å². The summed E-state index contributed by atoms with van der Waals surface area (Å²) in [6, 6.07) is 9.61. The van der Waals surface area contributed by atoms with E-state index in [1.165, 1.54) is 0 Å².